The summed E-state index contributed by atoms with van der Waals surface area (Å²) in [6.45, 7) is 0. The van der Waals surface area contributed by atoms with Crippen molar-refractivity contribution in [2.75, 3.05) is 9.80 Å². The number of fused-ring (bicyclic) bond motifs is 7. The van der Waals surface area contributed by atoms with Crippen molar-refractivity contribution >= 4 is 108 Å². The lowest BCUT2D eigenvalue weighted by Gasteiger charge is -2.26. The van der Waals surface area contributed by atoms with Crippen molar-refractivity contribution in [2.24, 2.45) is 0 Å². The summed E-state index contributed by atoms with van der Waals surface area (Å²) in [5, 5.41) is 7.65. The van der Waals surface area contributed by atoms with Crippen molar-refractivity contribution in [2.45, 2.75) is 0 Å². The highest BCUT2D eigenvalue weighted by Crippen LogP contribution is 2.47. The number of para-hydroxylation sites is 2. The van der Waals surface area contributed by atoms with Crippen molar-refractivity contribution in [3.8, 4) is 0 Å². The van der Waals surface area contributed by atoms with Gasteiger partial charge < -0.3 is 9.80 Å². The molecule has 2 heterocycles. The summed E-state index contributed by atoms with van der Waals surface area (Å²) < 4.78 is 5.16. The van der Waals surface area contributed by atoms with Gasteiger partial charge in [-0.25, -0.2) is 0 Å². The van der Waals surface area contributed by atoms with E-state index in [1.54, 1.807) is 0 Å². The number of thiophene rings is 2. The number of nitrogens with zero attached hydrogens (tertiary/aromatic N) is 2. The molecule has 10 rings (SSSR count). The van der Waals surface area contributed by atoms with Crippen LogP contribution in [0.2, 0.25) is 0 Å². The molecule has 0 fully saturated rings. The van der Waals surface area contributed by atoms with Crippen LogP contribution in [0.1, 0.15) is 0 Å². The molecule has 50 heavy (non-hydrogen) atoms. The lowest BCUT2D eigenvalue weighted by molar-refractivity contribution is 1.30. The molecule has 0 N–H and O–H groups in total. The van der Waals surface area contributed by atoms with Crippen molar-refractivity contribution < 1.29 is 0 Å². The second kappa shape index (κ2) is 11.9. The number of benzene rings is 8. The first-order chi connectivity index (χ1) is 24.8. The summed E-state index contributed by atoms with van der Waals surface area (Å²) in [5.41, 5.74) is 6.93. The highest BCUT2D eigenvalue weighted by molar-refractivity contribution is 7.26. The molecule has 0 saturated carbocycles. The van der Waals surface area contributed by atoms with E-state index in [2.05, 4.69) is 192 Å². The molecule has 8 aromatic carbocycles. The molecular weight excluding hydrogens is 645 g/mol. The minimum atomic E-state index is 1.14. The molecule has 0 amide bonds. The third-order valence-electron chi connectivity index (χ3n) is 9.60. The van der Waals surface area contributed by atoms with E-state index >= 15 is 0 Å². The van der Waals surface area contributed by atoms with Gasteiger partial charge >= 0.3 is 0 Å². The van der Waals surface area contributed by atoms with Crippen molar-refractivity contribution in [1.29, 1.82) is 0 Å². The van der Waals surface area contributed by atoms with Crippen molar-refractivity contribution in [3.63, 3.8) is 0 Å². The van der Waals surface area contributed by atoms with Crippen molar-refractivity contribution in [3.05, 3.63) is 182 Å². The van der Waals surface area contributed by atoms with E-state index in [0.29, 0.717) is 0 Å². The van der Waals surface area contributed by atoms with Gasteiger partial charge in [0.05, 0.1) is 10.4 Å². The van der Waals surface area contributed by atoms with Crippen LogP contribution in [0, 0.1) is 0 Å². The van der Waals surface area contributed by atoms with Gasteiger partial charge in [0.25, 0.3) is 0 Å². The molecule has 0 unspecified atom stereocenters. The van der Waals surface area contributed by atoms with Gasteiger partial charge in [0.1, 0.15) is 0 Å². The zero-order valence-corrected chi connectivity index (χ0v) is 28.7. The lowest BCUT2D eigenvalue weighted by atomic mass is 10.1. The summed E-state index contributed by atoms with van der Waals surface area (Å²) in [6, 6.07) is 66.1. The molecule has 2 aromatic heterocycles. The lowest BCUT2D eigenvalue weighted by Crippen LogP contribution is -2.09. The van der Waals surface area contributed by atoms with E-state index in [0.717, 1.165) is 28.4 Å². The van der Waals surface area contributed by atoms with Crippen LogP contribution in [0.25, 0.3) is 51.1 Å². The average Bonchev–Trinajstić information content (AvgIpc) is 3.74. The summed E-state index contributed by atoms with van der Waals surface area (Å²) >= 11 is 3.74. The molecule has 0 spiro atoms. The number of hydrogen-bond acceptors (Lipinski definition) is 4. The first kappa shape index (κ1) is 29.0. The Morgan fingerprint density at radius 2 is 0.840 bits per heavy atom. The quantitative estimate of drug-likeness (QED) is 0.173. The van der Waals surface area contributed by atoms with Crippen LogP contribution in [-0.2, 0) is 0 Å². The predicted octanol–water partition coefficient (Wildman–Crippen LogP) is 14.5. The fraction of sp³-hybridized carbons (Fsp3) is 0. The van der Waals surface area contributed by atoms with Crippen LogP contribution in [0.4, 0.5) is 34.1 Å². The Bertz CT molecular complexity index is 2840. The minimum absolute atomic E-state index is 1.14. The Kier molecular flexibility index (Phi) is 6.90. The molecule has 2 nitrogen and oxygen atoms in total. The van der Waals surface area contributed by atoms with E-state index in [-0.39, 0.29) is 0 Å². The van der Waals surface area contributed by atoms with Crippen LogP contribution in [0.5, 0.6) is 0 Å². The number of hydrogen-bond donors (Lipinski definition) is 0. The van der Waals surface area contributed by atoms with Gasteiger partial charge in [-0.3, -0.25) is 0 Å². The highest BCUT2D eigenvalue weighted by Gasteiger charge is 2.20. The Balaban J connectivity index is 1.12. The number of anilines is 6. The van der Waals surface area contributed by atoms with E-state index in [1.807, 2.05) is 22.7 Å². The molecule has 0 bridgehead atoms. The Morgan fingerprint density at radius 1 is 0.300 bits per heavy atom. The van der Waals surface area contributed by atoms with Gasteiger partial charge in [0, 0.05) is 64.1 Å². The molecule has 0 saturated heterocycles. The van der Waals surface area contributed by atoms with Crippen LogP contribution in [0.3, 0.4) is 0 Å². The van der Waals surface area contributed by atoms with E-state index in [1.165, 1.54) is 56.8 Å². The molecule has 0 aliphatic carbocycles. The smallest absolute Gasteiger partial charge is 0.0640 e. The van der Waals surface area contributed by atoms with Gasteiger partial charge in [-0.15, -0.1) is 22.7 Å². The minimum Gasteiger partial charge on any atom is -0.310 e. The second-order valence-corrected chi connectivity index (χ2v) is 14.7. The fourth-order valence-electron chi connectivity index (χ4n) is 7.29. The van der Waals surface area contributed by atoms with Gasteiger partial charge in [0.2, 0.25) is 0 Å². The van der Waals surface area contributed by atoms with Crippen LogP contribution < -0.4 is 9.80 Å². The molecule has 0 aliphatic rings. The number of rotatable bonds is 6. The monoisotopic (exact) mass is 674 g/mol. The van der Waals surface area contributed by atoms with Crippen molar-refractivity contribution in [1.82, 2.24) is 0 Å². The van der Waals surface area contributed by atoms with Gasteiger partial charge in [-0.05, 0) is 83.6 Å². The summed E-state index contributed by atoms with van der Waals surface area (Å²) in [5.74, 6) is 0. The van der Waals surface area contributed by atoms with Crippen LogP contribution in [-0.4, -0.2) is 0 Å². The van der Waals surface area contributed by atoms with Gasteiger partial charge in [-0.1, -0.05) is 109 Å². The zero-order chi connectivity index (χ0) is 33.0. The van der Waals surface area contributed by atoms with E-state index in [9.17, 15) is 0 Å². The van der Waals surface area contributed by atoms with Gasteiger partial charge in [-0.2, -0.15) is 0 Å². The standard InChI is InChI=1S/C46H30N2S2/c1-3-14-33(15-4-1)47(35-23-22-31-12-7-8-13-32(31)28-35)36-24-26-39-40-27-25-37(30-45(40)49-44(39)29-36)48(34-16-5-2-6-17-34)42-20-11-19-41-38-18-9-10-21-43(38)50-46(41)42/h1-30H. The summed E-state index contributed by atoms with van der Waals surface area (Å²) in [6.07, 6.45) is 0. The third kappa shape index (κ3) is 4.84. The first-order valence-electron chi connectivity index (χ1n) is 16.8. The largest absolute Gasteiger partial charge is 0.310 e. The first-order valence-corrected chi connectivity index (χ1v) is 18.5. The molecule has 0 aliphatic heterocycles. The summed E-state index contributed by atoms with van der Waals surface area (Å²) in [7, 11) is 0. The fourth-order valence-corrected chi connectivity index (χ4v) is 9.66. The molecule has 4 heteroatoms. The van der Waals surface area contributed by atoms with Gasteiger partial charge in [0.15, 0.2) is 0 Å². The highest BCUT2D eigenvalue weighted by atomic mass is 32.1. The maximum atomic E-state index is 2.42. The maximum Gasteiger partial charge on any atom is 0.0640 e. The predicted molar refractivity (Wildman–Crippen MR) is 219 cm³/mol. The third-order valence-corrected chi connectivity index (χ3v) is 11.9. The maximum absolute atomic E-state index is 2.42. The molecule has 236 valence electrons. The van der Waals surface area contributed by atoms with E-state index < -0.39 is 0 Å². The zero-order valence-electron chi connectivity index (χ0n) is 27.0. The summed E-state index contributed by atoms with van der Waals surface area (Å²) in [4.78, 5) is 4.79. The van der Waals surface area contributed by atoms with Crippen LogP contribution in [0.15, 0.2) is 182 Å². The molecule has 0 radical (unpaired) electrons. The Labute approximate surface area is 298 Å². The van der Waals surface area contributed by atoms with E-state index in [4.69, 9.17) is 0 Å². The molecule has 10 aromatic rings. The average molecular weight is 675 g/mol. The molecule has 0 atom stereocenters. The topological polar surface area (TPSA) is 6.48 Å². The SMILES string of the molecule is c1ccc(N(c2ccc3ccccc3c2)c2ccc3c(c2)sc2cc(N(c4ccccc4)c4cccc5c4sc4ccccc45)ccc23)cc1. The Hall–Kier alpha value is -5.94. The Morgan fingerprint density at radius 3 is 1.58 bits per heavy atom. The van der Waals surface area contributed by atoms with Crippen LogP contribution >= 0.6 is 22.7 Å². The second-order valence-electron chi connectivity index (χ2n) is 12.6. The molecular formula is C46H30N2S2. The normalized spacial score (nSPS) is 11.6.